The third-order valence-corrected chi connectivity index (χ3v) is 3.55. The molecule has 3 aromatic carbocycles. The summed E-state index contributed by atoms with van der Waals surface area (Å²) < 4.78 is 32.2. The van der Waals surface area contributed by atoms with Crippen LogP contribution >= 0.6 is 0 Å². The molecule has 0 fully saturated rings. The first kappa shape index (κ1) is 12.0. The Hall–Kier alpha value is -2.75. The summed E-state index contributed by atoms with van der Waals surface area (Å²) in [6.45, 7) is 0. The molecule has 0 saturated carbocycles. The predicted octanol–water partition coefficient (Wildman–Crippen LogP) is 4.38. The van der Waals surface area contributed by atoms with Gasteiger partial charge in [0.05, 0.1) is 10.8 Å². The lowest BCUT2D eigenvalue weighted by atomic mass is 10.1. The molecule has 0 spiro atoms. The van der Waals surface area contributed by atoms with E-state index < -0.39 is 5.82 Å². The second-order valence-electron chi connectivity index (χ2n) is 4.91. The molecule has 0 N–H and O–H groups in total. The lowest BCUT2D eigenvalue weighted by molar-refractivity contribution is 0.623. The Kier molecular flexibility index (Phi) is 2.36. The summed E-state index contributed by atoms with van der Waals surface area (Å²) >= 11 is 0. The molecular weight excluding hydrogens is 274 g/mol. The summed E-state index contributed by atoms with van der Waals surface area (Å²) in [5.41, 5.74) is 0.374. The highest BCUT2D eigenvalue weighted by Crippen LogP contribution is 2.25. The van der Waals surface area contributed by atoms with Crippen LogP contribution < -0.4 is 5.43 Å². The molecule has 1 heterocycles. The van der Waals surface area contributed by atoms with Crippen LogP contribution in [0.1, 0.15) is 0 Å². The Balaban J connectivity index is 2.22. The second kappa shape index (κ2) is 4.12. The molecular formula is C17H8F2O2. The van der Waals surface area contributed by atoms with E-state index in [2.05, 4.69) is 0 Å². The van der Waals surface area contributed by atoms with E-state index in [-0.39, 0.29) is 16.6 Å². The molecule has 0 aliphatic rings. The average molecular weight is 282 g/mol. The molecule has 1 aromatic heterocycles. The third-order valence-electron chi connectivity index (χ3n) is 3.55. The maximum absolute atomic E-state index is 13.3. The first-order chi connectivity index (χ1) is 10.1. The minimum Gasteiger partial charge on any atom is -0.456 e. The van der Waals surface area contributed by atoms with Crippen LogP contribution in [0.3, 0.4) is 0 Å². The van der Waals surface area contributed by atoms with Gasteiger partial charge < -0.3 is 4.42 Å². The van der Waals surface area contributed by atoms with Crippen LogP contribution in [-0.4, -0.2) is 0 Å². The number of fused-ring (bicyclic) bond motifs is 3. The van der Waals surface area contributed by atoms with Gasteiger partial charge in [-0.15, -0.1) is 0 Å². The van der Waals surface area contributed by atoms with E-state index in [1.54, 1.807) is 18.2 Å². The van der Waals surface area contributed by atoms with Crippen molar-refractivity contribution in [2.75, 3.05) is 0 Å². The molecule has 0 aliphatic carbocycles. The van der Waals surface area contributed by atoms with Gasteiger partial charge in [-0.3, -0.25) is 4.79 Å². The molecule has 0 saturated heterocycles. The van der Waals surface area contributed by atoms with Gasteiger partial charge in [-0.2, -0.15) is 0 Å². The molecule has 2 nitrogen and oxygen atoms in total. The highest BCUT2D eigenvalue weighted by atomic mass is 19.1. The fourth-order valence-corrected chi connectivity index (χ4v) is 2.54. The Morgan fingerprint density at radius 3 is 2.29 bits per heavy atom. The first-order valence-electron chi connectivity index (χ1n) is 6.37. The molecule has 0 bridgehead atoms. The van der Waals surface area contributed by atoms with E-state index in [4.69, 9.17) is 4.42 Å². The van der Waals surface area contributed by atoms with Crippen molar-refractivity contribution >= 4 is 32.7 Å². The van der Waals surface area contributed by atoms with Crippen LogP contribution in [0.15, 0.2) is 57.7 Å². The van der Waals surface area contributed by atoms with Gasteiger partial charge in [0, 0.05) is 0 Å². The lowest BCUT2D eigenvalue weighted by Gasteiger charge is -2.04. The van der Waals surface area contributed by atoms with Crippen LogP contribution in [-0.2, 0) is 0 Å². The molecule has 4 rings (SSSR count). The summed E-state index contributed by atoms with van der Waals surface area (Å²) in [6, 6.07) is 11.4. The molecule has 0 amide bonds. The second-order valence-corrected chi connectivity index (χ2v) is 4.91. The third kappa shape index (κ3) is 1.80. The number of rotatable bonds is 0. The Morgan fingerprint density at radius 1 is 0.714 bits per heavy atom. The SMILES string of the molecule is O=c1c2cc(F)ccc2oc2cc3cc(F)ccc3cc12. The summed E-state index contributed by atoms with van der Waals surface area (Å²) in [5.74, 6) is -0.843. The van der Waals surface area contributed by atoms with Gasteiger partial charge in [-0.25, -0.2) is 8.78 Å². The normalized spacial score (nSPS) is 11.5. The molecule has 102 valence electrons. The molecule has 0 aliphatic heterocycles. The highest BCUT2D eigenvalue weighted by molar-refractivity contribution is 5.99. The van der Waals surface area contributed by atoms with Gasteiger partial charge in [-0.1, -0.05) is 6.07 Å². The fraction of sp³-hybridized carbons (Fsp3) is 0. The zero-order valence-corrected chi connectivity index (χ0v) is 10.7. The van der Waals surface area contributed by atoms with Crippen molar-refractivity contribution in [1.29, 1.82) is 0 Å². The zero-order chi connectivity index (χ0) is 14.6. The van der Waals surface area contributed by atoms with Crippen molar-refractivity contribution in [2.24, 2.45) is 0 Å². The molecule has 0 unspecified atom stereocenters. The van der Waals surface area contributed by atoms with E-state index in [9.17, 15) is 13.6 Å². The summed E-state index contributed by atoms with van der Waals surface area (Å²) in [6.07, 6.45) is 0. The number of halogens is 2. The quantitative estimate of drug-likeness (QED) is 0.448. The average Bonchev–Trinajstić information content (AvgIpc) is 2.47. The van der Waals surface area contributed by atoms with Crippen LogP contribution in [0.4, 0.5) is 8.78 Å². The maximum Gasteiger partial charge on any atom is 0.200 e. The minimum absolute atomic E-state index is 0.198. The number of hydrogen-bond donors (Lipinski definition) is 0. The number of benzene rings is 3. The molecule has 0 radical (unpaired) electrons. The standard InChI is InChI=1S/C17H8F2O2/c18-11-2-1-9-6-13-16(7-10(9)5-11)21-15-4-3-12(19)8-14(15)17(13)20/h1-8H. The van der Waals surface area contributed by atoms with Gasteiger partial charge in [0.2, 0.25) is 5.43 Å². The van der Waals surface area contributed by atoms with Gasteiger partial charge in [0.1, 0.15) is 22.8 Å². The van der Waals surface area contributed by atoms with Gasteiger partial charge in [0.25, 0.3) is 0 Å². The smallest absolute Gasteiger partial charge is 0.200 e. The van der Waals surface area contributed by atoms with Crippen LogP contribution in [0, 0.1) is 11.6 Å². The van der Waals surface area contributed by atoms with E-state index in [1.807, 2.05) is 0 Å². The fourth-order valence-electron chi connectivity index (χ4n) is 2.54. The maximum atomic E-state index is 13.3. The molecule has 21 heavy (non-hydrogen) atoms. The van der Waals surface area contributed by atoms with Crippen LogP contribution in [0.2, 0.25) is 0 Å². The Morgan fingerprint density at radius 2 is 1.43 bits per heavy atom. The largest absolute Gasteiger partial charge is 0.456 e. The van der Waals surface area contributed by atoms with Crippen molar-refractivity contribution in [3.8, 4) is 0 Å². The van der Waals surface area contributed by atoms with Gasteiger partial charge in [-0.05, 0) is 53.2 Å². The topological polar surface area (TPSA) is 30.2 Å². The van der Waals surface area contributed by atoms with Gasteiger partial charge >= 0.3 is 0 Å². The van der Waals surface area contributed by atoms with Crippen molar-refractivity contribution in [1.82, 2.24) is 0 Å². The summed E-state index contributed by atoms with van der Waals surface area (Å²) in [7, 11) is 0. The summed E-state index contributed by atoms with van der Waals surface area (Å²) in [4.78, 5) is 12.5. The first-order valence-corrected chi connectivity index (χ1v) is 6.37. The molecule has 4 heteroatoms. The monoisotopic (exact) mass is 282 g/mol. The summed E-state index contributed by atoms with van der Waals surface area (Å²) in [5, 5.41) is 1.93. The minimum atomic E-state index is -0.489. The van der Waals surface area contributed by atoms with Gasteiger partial charge in [0.15, 0.2) is 0 Å². The van der Waals surface area contributed by atoms with Crippen molar-refractivity contribution in [2.45, 2.75) is 0 Å². The highest BCUT2D eigenvalue weighted by Gasteiger charge is 2.10. The van der Waals surface area contributed by atoms with Crippen LogP contribution in [0.25, 0.3) is 32.7 Å². The van der Waals surface area contributed by atoms with E-state index >= 15 is 0 Å². The van der Waals surface area contributed by atoms with E-state index in [1.165, 1.54) is 24.3 Å². The Bertz CT molecular complexity index is 1080. The zero-order valence-electron chi connectivity index (χ0n) is 10.7. The lowest BCUT2D eigenvalue weighted by Crippen LogP contribution is -2.02. The van der Waals surface area contributed by atoms with Crippen molar-refractivity contribution in [3.63, 3.8) is 0 Å². The van der Waals surface area contributed by atoms with Crippen molar-refractivity contribution in [3.05, 3.63) is 70.4 Å². The van der Waals surface area contributed by atoms with Crippen molar-refractivity contribution < 1.29 is 13.2 Å². The van der Waals surface area contributed by atoms with Crippen LogP contribution in [0.5, 0.6) is 0 Å². The molecule has 0 atom stereocenters. The Labute approximate surface area is 117 Å². The number of hydrogen-bond acceptors (Lipinski definition) is 2. The molecule has 4 aromatic rings. The van der Waals surface area contributed by atoms with E-state index in [0.29, 0.717) is 21.9 Å². The predicted molar refractivity (Wildman–Crippen MR) is 77.4 cm³/mol. The van der Waals surface area contributed by atoms with E-state index in [0.717, 1.165) is 11.5 Å².